The fourth-order valence-electron chi connectivity index (χ4n) is 1.47. The summed E-state index contributed by atoms with van der Waals surface area (Å²) in [6, 6.07) is 0. The number of carbonyl (C=O) groups excluding carboxylic acids is 1. The van der Waals surface area contributed by atoms with Gasteiger partial charge in [0.1, 0.15) is 12.5 Å². The molecule has 0 aromatic carbocycles. The lowest BCUT2D eigenvalue weighted by molar-refractivity contribution is -0.146. The summed E-state index contributed by atoms with van der Waals surface area (Å²) in [6.45, 7) is 6.17. The monoisotopic (exact) mass is 242 g/mol. The topological polar surface area (TPSA) is 74.5 Å². The van der Waals surface area contributed by atoms with Crippen molar-refractivity contribution in [2.24, 2.45) is 5.92 Å². The minimum Gasteiger partial charge on any atom is -0.465 e. The second-order valence-electron chi connectivity index (χ2n) is 3.96. The third-order valence-corrected chi connectivity index (χ3v) is 2.23. The van der Waals surface area contributed by atoms with Crippen LogP contribution in [0.25, 0.3) is 0 Å². The van der Waals surface area contributed by atoms with Gasteiger partial charge in [0.2, 0.25) is 5.89 Å². The Morgan fingerprint density at radius 3 is 2.71 bits per heavy atom. The van der Waals surface area contributed by atoms with Crippen LogP contribution in [0.4, 0.5) is 0 Å². The van der Waals surface area contributed by atoms with E-state index in [0.717, 1.165) is 0 Å². The molecule has 1 unspecified atom stereocenters. The van der Waals surface area contributed by atoms with Gasteiger partial charge in [-0.15, -0.1) is 0 Å². The Balaban J connectivity index is 2.85. The van der Waals surface area contributed by atoms with E-state index in [9.17, 15) is 4.79 Å². The molecule has 1 atom stereocenters. The summed E-state index contributed by atoms with van der Waals surface area (Å²) in [4.78, 5) is 15.9. The van der Waals surface area contributed by atoms with Crippen LogP contribution in [0.15, 0.2) is 4.52 Å². The third kappa shape index (κ3) is 3.52. The molecule has 1 heterocycles. The first-order valence-electron chi connectivity index (χ1n) is 5.58. The Bertz CT molecular complexity index is 362. The highest BCUT2D eigenvalue weighted by Gasteiger charge is 2.31. The maximum atomic E-state index is 11.8. The molecule has 0 saturated heterocycles. The van der Waals surface area contributed by atoms with Gasteiger partial charge in [-0.25, -0.2) is 0 Å². The van der Waals surface area contributed by atoms with E-state index in [1.165, 1.54) is 0 Å². The van der Waals surface area contributed by atoms with E-state index in [1.807, 2.05) is 13.8 Å². The maximum absolute atomic E-state index is 11.8. The average Bonchev–Trinajstić information content (AvgIpc) is 2.67. The Morgan fingerprint density at radius 2 is 2.18 bits per heavy atom. The van der Waals surface area contributed by atoms with Crippen LogP contribution in [-0.2, 0) is 20.9 Å². The van der Waals surface area contributed by atoms with Crippen LogP contribution in [-0.4, -0.2) is 29.8 Å². The van der Waals surface area contributed by atoms with Crippen molar-refractivity contribution in [1.82, 2.24) is 10.1 Å². The van der Waals surface area contributed by atoms with Crippen LogP contribution in [0.2, 0.25) is 0 Å². The Kier molecular flexibility index (Phi) is 5.09. The molecule has 1 rings (SSSR count). The number of nitrogens with zero attached hydrogens (tertiary/aromatic N) is 2. The molecule has 0 N–H and O–H groups in total. The highest BCUT2D eigenvalue weighted by molar-refractivity contribution is 5.77. The number of methoxy groups -OCH3 is 1. The number of hydrogen-bond donors (Lipinski definition) is 0. The smallest absolute Gasteiger partial charge is 0.318 e. The van der Waals surface area contributed by atoms with Gasteiger partial charge in [-0.3, -0.25) is 4.79 Å². The molecular formula is C11H18N2O4. The molecule has 0 aliphatic heterocycles. The maximum Gasteiger partial charge on any atom is 0.318 e. The van der Waals surface area contributed by atoms with Gasteiger partial charge < -0.3 is 14.0 Å². The van der Waals surface area contributed by atoms with Crippen molar-refractivity contribution in [2.75, 3.05) is 13.7 Å². The van der Waals surface area contributed by atoms with Gasteiger partial charge >= 0.3 is 5.97 Å². The van der Waals surface area contributed by atoms with E-state index >= 15 is 0 Å². The van der Waals surface area contributed by atoms with Gasteiger partial charge in [-0.1, -0.05) is 19.0 Å². The molecule has 0 aliphatic rings. The molecule has 17 heavy (non-hydrogen) atoms. The van der Waals surface area contributed by atoms with Crippen LogP contribution in [0.3, 0.4) is 0 Å². The summed E-state index contributed by atoms with van der Waals surface area (Å²) in [5, 5.41) is 3.73. The van der Waals surface area contributed by atoms with E-state index in [1.54, 1.807) is 14.0 Å². The molecule has 0 saturated carbocycles. The third-order valence-electron chi connectivity index (χ3n) is 2.23. The largest absolute Gasteiger partial charge is 0.465 e. The summed E-state index contributed by atoms with van der Waals surface area (Å²) in [6.07, 6.45) is 0. The van der Waals surface area contributed by atoms with E-state index < -0.39 is 5.92 Å². The van der Waals surface area contributed by atoms with Gasteiger partial charge in [0, 0.05) is 7.11 Å². The number of carbonyl (C=O) groups is 1. The normalized spacial score (nSPS) is 12.8. The lowest BCUT2D eigenvalue weighted by Crippen LogP contribution is -2.21. The van der Waals surface area contributed by atoms with E-state index in [2.05, 4.69) is 10.1 Å². The number of rotatable bonds is 6. The van der Waals surface area contributed by atoms with Crippen LogP contribution in [0.1, 0.15) is 38.4 Å². The van der Waals surface area contributed by atoms with Crippen molar-refractivity contribution in [1.29, 1.82) is 0 Å². The first-order chi connectivity index (χ1) is 8.10. The zero-order valence-corrected chi connectivity index (χ0v) is 10.6. The fourth-order valence-corrected chi connectivity index (χ4v) is 1.47. The van der Waals surface area contributed by atoms with E-state index in [4.69, 9.17) is 14.0 Å². The number of aromatic nitrogens is 2. The SMILES string of the molecule is CCOC(=O)C(c1nc(COC)no1)C(C)C. The van der Waals surface area contributed by atoms with Crippen molar-refractivity contribution >= 4 is 5.97 Å². The highest BCUT2D eigenvalue weighted by Crippen LogP contribution is 2.24. The first-order valence-corrected chi connectivity index (χ1v) is 5.58. The molecular weight excluding hydrogens is 224 g/mol. The molecule has 0 fully saturated rings. The zero-order chi connectivity index (χ0) is 12.8. The van der Waals surface area contributed by atoms with Crippen molar-refractivity contribution in [3.63, 3.8) is 0 Å². The minimum atomic E-state index is -0.520. The second-order valence-corrected chi connectivity index (χ2v) is 3.96. The van der Waals surface area contributed by atoms with E-state index in [0.29, 0.717) is 12.4 Å². The predicted molar refractivity (Wildman–Crippen MR) is 59.2 cm³/mol. The van der Waals surface area contributed by atoms with Gasteiger partial charge in [0.15, 0.2) is 5.82 Å². The van der Waals surface area contributed by atoms with Crippen molar-refractivity contribution in [2.45, 2.75) is 33.3 Å². The Hall–Kier alpha value is -1.43. The van der Waals surface area contributed by atoms with Crippen LogP contribution in [0.5, 0.6) is 0 Å². The molecule has 0 amide bonds. The summed E-state index contributed by atoms with van der Waals surface area (Å²) >= 11 is 0. The summed E-state index contributed by atoms with van der Waals surface area (Å²) in [7, 11) is 1.54. The summed E-state index contributed by atoms with van der Waals surface area (Å²) in [5.41, 5.74) is 0. The first kappa shape index (κ1) is 13.6. The van der Waals surface area contributed by atoms with Crippen molar-refractivity contribution < 1.29 is 18.8 Å². The Morgan fingerprint density at radius 1 is 1.47 bits per heavy atom. The fraction of sp³-hybridized carbons (Fsp3) is 0.727. The number of ether oxygens (including phenoxy) is 2. The predicted octanol–water partition coefficient (Wildman–Crippen LogP) is 1.52. The molecule has 0 spiro atoms. The number of esters is 1. The Labute approximate surface area is 100 Å². The van der Waals surface area contributed by atoms with Crippen LogP contribution in [0, 0.1) is 5.92 Å². The lowest BCUT2D eigenvalue weighted by Gasteiger charge is -2.14. The summed E-state index contributed by atoms with van der Waals surface area (Å²) < 4.78 is 14.9. The molecule has 1 aromatic rings. The van der Waals surface area contributed by atoms with Crippen LogP contribution >= 0.6 is 0 Å². The molecule has 1 aromatic heterocycles. The highest BCUT2D eigenvalue weighted by atomic mass is 16.5. The summed E-state index contributed by atoms with van der Waals surface area (Å²) in [5.74, 6) is -0.115. The molecule has 6 heteroatoms. The molecule has 96 valence electrons. The van der Waals surface area contributed by atoms with Gasteiger partial charge in [0.25, 0.3) is 0 Å². The minimum absolute atomic E-state index is 0.0323. The van der Waals surface area contributed by atoms with E-state index in [-0.39, 0.29) is 24.4 Å². The lowest BCUT2D eigenvalue weighted by atomic mass is 9.96. The average molecular weight is 242 g/mol. The van der Waals surface area contributed by atoms with Gasteiger partial charge in [-0.2, -0.15) is 4.98 Å². The standard InChI is InChI=1S/C11H18N2O4/c1-5-16-11(14)9(7(2)3)10-12-8(6-15-4)13-17-10/h7,9H,5-6H2,1-4H3. The second kappa shape index (κ2) is 6.34. The van der Waals surface area contributed by atoms with Crippen molar-refractivity contribution in [3.8, 4) is 0 Å². The van der Waals surface area contributed by atoms with Gasteiger partial charge in [-0.05, 0) is 12.8 Å². The number of hydrogen-bond acceptors (Lipinski definition) is 6. The molecule has 0 bridgehead atoms. The molecule has 0 radical (unpaired) electrons. The quantitative estimate of drug-likeness (QED) is 0.704. The zero-order valence-electron chi connectivity index (χ0n) is 10.6. The molecule has 0 aliphatic carbocycles. The van der Waals surface area contributed by atoms with Gasteiger partial charge in [0.05, 0.1) is 6.61 Å². The van der Waals surface area contributed by atoms with Crippen molar-refractivity contribution in [3.05, 3.63) is 11.7 Å². The van der Waals surface area contributed by atoms with Crippen LogP contribution < -0.4 is 0 Å². The molecule has 6 nitrogen and oxygen atoms in total.